The van der Waals surface area contributed by atoms with Gasteiger partial charge in [-0.2, -0.15) is 5.26 Å². The van der Waals surface area contributed by atoms with Gasteiger partial charge in [0, 0.05) is 32.2 Å². The first-order valence-corrected chi connectivity index (χ1v) is 7.19. The fourth-order valence-electron chi connectivity index (χ4n) is 3.06. The van der Waals surface area contributed by atoms with Crippen molar-refractivity contribution in [1.82, 2.24) is 10.2 Å². The molecule has 118 valence electrons. The standard InChI is InChI=1S/C17H19N3.2ClH/c18-9-8-17(20-12-10-19-11-13-20)16-7-3-5-14-4-1-2-6-15(14)16;;/h1-7,17,19H,8,10-13H2;2*1H/t17-;;/m1../s1. The maximum absolute atomic E-state index is 9.21. The highest BCUT2D eigenvalue weighted by atomic mass is 35.5. The van der Waals surface area contributed by atoms with E-state index in [0.717, 1.165) is 26.2 Å². The van der Waals surface area contributed by atoms with E-state index in [9.17, 15) is 5.26 Å². The lowest BCUT2D eigenvalue weighted by atomic mass is 9.95. The molecule has 1 N–H and O–H groups in total. The molecule has 0 radical (unpaired) electrons. The highest BCUT2D eigenvalue weighted by Gasteiger charge is 2.23. The zero-order valence-electron chi connectivity index (χ0n) is 12.4. The monoisotopic (exact) mass is 337 g/mol. The summed E-state index contributed by atoms with van der Waals surface area (Å²) >= 11 is 0. The third-order valence-electron chi connectivity index (χ3n) is 4.06. The molecule has 0 bridgehead atoms. The summed E-state index contributed by atoms with van der Waals surface area (Å²) in [6.45, 7) is 4.03. The number of halogens is 2. The number of hydrogen-bond acceptors (Lipinski definition) is 3. The van der Waals surface area contributed by atoms with E-state index in [1.54, 1.807) is 0 Å². The molecule has 0 spiro atoms. The summed E-state index contributed by atoms with van der Waals surface area (Å²) in [7, 11) is 0. The Hall–Kier alpha value is -1.31. The lowest BCUT2D eigenvalue weighted by Gasteiger charge is -2.34. The van der Waals surface area contributed by atoms with Gasteiger partial charge >= 0.3 is 0 Å². The number of piperazine rings is 1. The van der Waals surface area contributed by atoms with Crippen LogP contribution in [-0.4, -0.2) is 31.1 Å². The maximum Gasteiger partial charge on any atom is 0.0641 e. The van der Waals surface area contributed by atoms with Crippen molar-refractivity contribution in [2.75, 3.05) is 26.2 Å². The molecule has 3 rings (SSSR count). The number of nitrogens with zero attached hydrogens (tertiary/aromatic N) is 2. The molecule has 0 aromatic heterocycles. The van der Waals surface area contributed by atoms with Crippen LogP contribution in [0.15, 0.2) is 42.5 Å². The van der Waals surface area contributed by atoms with E-state index in [2.05, 4.69) is 58.8 Å². The molecule has 2 aromatic rings. The second kappa shape index (κ2) is 8.97. The van der Waals surface area contributed by atoms with Gasteiger partial charge in [-0.1, -0.05) is 42.5 Å². The summed E-state index contributed by atoms with van der Waals surface area (Å²) in [6, 6.07) is 17.4. The van der Waals surface area contributed by atoms with Crippen LogP contribution in [0.25, 0.3) is 10.8 Å². The molecule has 0 amide bonds. The summed E-state index contributed by atoms with van der Waals surface area (Å²) in [4.78, 5) is 2.43. The van der Waals surface area contributed by atoms with Crippen molar-refractivity contribution in [3.8, 4) is 6.07 Å². The Balaban J connectivity index is 0.00000121. The average Bonchev–Trinajstić information content (AvgIpc) is 2.53. The van der Waals surface area contributed by atoms with Gasteiger partial charge in [0.2, 0.25) is 0 Å². The summed E-state index contributed by atoms with van der Waals surface area (Å²) in [5, 5.41) is 15.1. The highest BCUT2D eigenvalue weighted by molar-refractivity contribution is 5.86. The quantitative estimate of drug-likeness (QED) is 0.930. The van der Waals surface area contributed by atoms with E-state index in [1.807, 2.05) is 0 Å². The Labute approximate surface area is 144 Å². The van der Waals surface area contributed by atoms with Gasteiger partial charge in [0.1, 0.15) is 0 Å². The van der Waals surface area contributed by atoms with Crippen LogP contribution >= 0.6 is 24.8 Å². The number of nitriles is 1. The SMILES string of the molecule is Cl.Cl.N#CC[C@H](c1cccc2ccccc12)N1CCNCC1. The minimum absolute atomic E-state index is 0. The third-order valence-corrected chi connectivity index (χ3v) is 4.06. The van der Waals surface area contributed by atoms with E-state index in [0.29, 0.717) is 6.42 Å². The molecular weight excluding hydrogens is 317 g/mol. The van der Waals surface area contributed by atoms with Crippen molar-refractivity contribution >= 4 is 35.6 Å². The van der Waals surface area contributed by atoms with Gasteiger partial charge < -0.3 is 5.32 Å². The van der Waals surface area contributed by atoms with Gasteiger partial charge in [0.05, 0.1) is 12.5 Å². The highest BCUT2D eigenvalue weighted by Crippen LogP contribution is 2.30. The molecule has 22 heavy (non-hydrogen) atoms. The number of benzene rings is 2. The Morgan fingerprint density at radius 2 is 1.73 bits per heavy atom. The molecule has 1 aliphatic heterocycles. The van der Waals surface area contributed by atoms with E-state index < -0.39 is 0 Å². The lowest BCUT2D eigenvalue weighted by Crippen LogP contribution is -2.45. The normalized spacial score (nSPS) is 16.1. The van der Waals surface area contributed by atoms with Crippen LogP contribution in [0.3, 0.4) is 0 Å². The number of rotatable bonds is 3. The molecule has 1 heterocycles. The number of fused-ring (bicyclic) bond motifs is 1. The van der Waals surface area contributed by atoms with E-state index in [4.69, 9.17) is 0 Å². The minimum atomic E-state index is 0. The van der Waals surface area contributed by atoms with Gasteiger partial charge in [0.15, 0.2) is 0 Å². The lowest BCUT2D eigenvalue weighted by molar-refractivity contribution is 0.176. The predicted molar refractivity (Wildman–Crippen MR) is 95.9 cm³/mol. The topological polar surface area (TPSA) is 39.1 Å². The van der Waals surface area contributed by atoms with E-state index in [1.165, 1.54) is 16.3 Å². The Morgan fingerprint density at radius 1 is 1.05 bits per heavy atom. The molecule has 0 unspecified atom stereocenters. The molecule has 2 aromatic carbocycles. The summed E-state index contributed by atoms with van der Waals surface area (Å²) in [5.74, 6) is 0. The van der Waals surface area contributed by atoms with Gasteiger partial charge in [-0.25, -0.2) is 0 Å². The van der Waals surface area contributed by atoms with Crippen LogP contribution in [0, 0.1) is 11.3 Å². The molecular formula is C17H21Cl2N3. The summed E-state index contributed by atoms with van der Waals surface area (Å²) < 4.78 is 0. The zero-order valence-corrected chi connectivity index (χ0v) is 14.0. The van der Waals surface area contributed by atoms with Crippen molar-refractivity contribution < 1.29 is 0 Å². The Kier molecular flexibility index (Phi) is 7.64. The molecule has 3 nitrogen and oxygen atoms in total. The summed E-state index contributed by atoms with van der Waals surface area (Å²) in [6.07, 6.45) is 0.550. The Morgan fingerprint density at radius 3 is 2.45 bits per heavy atom. The van der Waals surface area contributed by atoms with Gasteiger partial charge in [0.25, 0.3) is 0 Å². The van der Waals surface area contributed by atoms with Crippen LogP contribution in [-0.2, 0) is 0 Å². The van der Waals surface area contributed by atoms with Crippen molar-refractivity contribution in [2.24, 2.45) is 0 Å². The van der Waals surface area contributed by atoms with Crippen molar-refractivity contribution in [2.45, 2.75) is 12.5 Å². The maximum atomic E-state index is 9.21. The largest absolute Gasteiger partial charge is 0.314 e. The van der Waals surface area contributed by atoms with Crippen molar-refractivity contribution in [1.29, 1.82) is 5.26 Å². The first kappa shape index (κ1) is 18.7. The van der Waals surface area contributed by atoms with Gasteiger partial charge in [-0.05, 0) is 16.3 Å². The van der Waals surface area contributed by atoms with E-state index >= 15 is 0 Å². The summed E-state index contributed by atoms with van der Waals surface area (Å²) in [5.41, 5.74) is 1.28. The minimum Gasteiger partial charge on any atom is -0.314 e. The van der Waals surface area contributed by atoms with Crippen LogP contribution in [0.4, 0.5) is 0 Å². The molecule has 5 heteroatoms. The van der Waals surface area contributed by atoms with Crippen molar-refractivity contribution in [3.63, 3.8) is 0 Å². The molecule has 0 saturated carbocycles. The zero-order chi connectivity index (χ0) is 13.8. The van der Waals surface area contributed by atoms with Gasteiger partial charge in [-0.15, -0.1) is 24.8 Å². The van der Waals surface area contributed by atoms with Crippen LogP contribution in [0.2, 0.25) is 0 Å². The fourth-order valence-corrected chi connectivity index (χ4v) is 3.06. The number of hydrogen-bond donors (Lipinski definition) is 1. The predicted octanol–water partition coefficient (Wildman–Crippen LogP) is 3.54. The van der Waals surface area contributed by atoms with Gasteiger partial charge in [-0.3, -0.25) is 4.90 Å². The Bertz CT molecular complexity index is 628. The van der Waals surface area contributed by atoms with Crippen LogP contribution in [0.1, 0.15) is 18.0 Å². The average molecular weight is 338 g/mol. The number of nitrogens with one attached hydrogen (secondary N) is 1. The molecule has 0 aliphatic carbocycles. The molecule has 1 aliphatic rings. The second-order valence-corrected chi connectivity index (χ2v) is 5.23. The van der Waals surface area contributed by atoms with E-state index in [-0.39, 0.29) is 30.9 Å². The first-order chi connectivity index (χ1) is 9.90. The smallest absolute Gasteiger partial charge is 0.0641 e. The molecule has 1 saturated heterocycles. The molecule has 1 fully saturated rings. The van der Waals surface area contributed by atoms with Crippen LogP contribution in [0.5, 0.6) is 0 Å². The van der Waals surface area contributed by atoms with Crippen LogP contribution < -0.4 is 5.32 Å². The molecule has 1 atom stereocenters. The van der Waals surface area contributed by atoms with Crippen molar-refractivity contribution in [3.05, 3.63) is 48.0 Å². The third kappa shape index (κ3) is 3.91. The fraction of sp³-hybridized carbons (Fsp3) is 0.353. The first-order valence-electron chi connectivity index (χ1n) is 7.19. The second-order valence-electron chi connectivity index (χ2n) is 5.23.